The van der Waals surface area contributed by atoms with Gasteiger partial charge in [0.2, 0.25) is 0 Å². The number of halogens is 1. The van der Waals surface area contributed by atoms with Gasteiger partial charge in [0.25, 0.3) is 0 Å². The molecule has 0 bridgehead atoms. The lowest BCUT2D eigenvalue weighted by molar-refractivity contribution is 0.211. The smallest absolute Gasteiger partial charge is 0.171 e. The number of nitrogens with zero attached hydrogens (tertiary/aromatic N) is 2. The van der Waals surface area contributed by atoms with Gasteiger partial charge in [-0.15, -0.1) is 0 Å². The summed E-state index contributed by atoms with van der Waals surface area (Å²) in [7, 11) is 1.39. The number of aliphatic hydroxyl groups excluding tert-OH is 1. The maximum atomic E-state index is 14.1. The third-order valence-electron chi connectivity index (χ3n) is 2.94. The number of aliphatic hydroxyl groups is 1. The lowest BCUT2D eigenvalue weighted by Gasteiger charge is -2.15. The molecule has 2 aromatic rings. The highest BCUT2D eigenvalue weighted by Gasteiger charge is 2.20. The topological polar surface area (TPSA) is 55.2 Å². The molecule has 4 nitrogen and oxygen atoms in total. The summed E-state index contributed by atoms with van der Waals surface area (Å²) in [5, 5.41) is 18.2. The molecule has 2 rings (SSSR count). The van der Waals surface area contributed by atoms with Crippen molar-refractivity contribution in [1.29, 1.82) is 0 Å². The van der Waals surface area contributed by atoms with Crippen LogP contribution in [0.2, 0.25) is 0 Å². The van der Waals surface area contributed by atoms with Crippen LogP contribution in [-0.2, 0) is 0 Å². The van der Waals surface area contributed by atoms with Crippen molar-refractivity contribution >= 4 is 0 Å². The SMILES string of the molecule is COc1cccc(C(O)c2cc(C)nnc2C)c1F. The van der Waals surface area contributed by atoms with E-state index in [1.54, 1.807) is 26.0 Å². The summed E-state index contributed by atoms with van der Waals surface area (Å²) in [6, 6.07) is 6.37. The Labute approximate surface area is 110 Å². The Morgan fingerprint density at radius 1 is 1.21 bits per heavy atom. The molecule has 0 amide bonds. The number of hydrogen-bond acceptors (Lipinski definition) is 4. The standard InChI is InChI=1S/C14H15FN2O2/c1-8-7-11(9(2)17-16-8)14(18)10-5-4-6-12(19-3)13(10)15/h4-7,14,18H,1-3H3. The first-order valence-electron chi connectivity index (χ1n) is 5.86. The van der Waals surface area contributed by atoms with E-state index in [9.17, 15) is 9.50 Å². The molecule has 100 valence electrons. The predicted molar refractivity (Wildman–Crippen MR) is 68.5 cm³/mol. The molecule has 0 aliphatic carbocycles. The molecule has 19 heavy (non-hydrogen) atoms. The zero-order valence-corrected chi connectivity index (χ0v) is 11.0. The molecule has 0 aliphatic rings. The highest BCUT2D eigenvalue weighted by Crippen LogP contribution is 2.30. The van der Waals surface area contributed by atoms with Crippen LogP contribution in [0.15, 0.2) is 24.3 Å². The molecule has 0 fully saturated rings. The van der Waals surface area contributed by atoms with Gasteiger partial charge in [0.15, 0.2) is 11.6 Å². The van der Waals surface area contributed by atoms with Gasteiger partial charge >= 0.3 is 0 Å². The van der Waals surface area contributed by atoms with E-state index in [1.165, 1.54) is 19.2 Å². The molecule has 1 aromatic carbocycles. The second kappa shape index (κ2) is 5.32. The fourth-order valence-corrected chi connectivity index (χ4v) is 1.91. The average Bonchev–Trinajstić information content (AvgIpc) is 2.41. The third kappa shape index (κ3) is 2.56. The van der Waals surface area contributed by atoms with E-state index >= 15 is 0 Å². The maximum absolute atomic E-state index is 14.1. The molecule has 1 unspecified atom stereocenters. The molecular weight excluding hydrogens is 247 g/mol. The minimum Gasteiger partial charge on any atom is -0.494 e. The molecule has 0 spiro atoms. The Morgan fingerprint density at radius 2 is 1.95 bits per heavy atom. The summed E-state index contributed by atoms with van der Waals surface area (Å²) in [5.74, 6) is -0.459. The lowest BCUT2D eigenvalue weighted by atomic mass is 9.99. The second-order valence-electron chi connectivity index (χ2n) is 4.29. The quantitative estimate of drug-likeness (QED) is 0.922. The first kappa shape index (κ1) is 13.4. The van der Waals surface area contributed by atoms with Gasteiger partial charge in [-0.3, -0.25) is 0 Å². The fraction of sp³-hybridized carbons (Fsp3) is 0.286. The number of benzene rings is 1. The van der Waals surface area contributed by atoms with E-state index in [0.717, 1.165) is 0 Å². The molecule has 1 N–H and O–H groups in total. The Balaban J connectivity index is 2.50. The first-order chi connectivity index (χ1) is 9.04. The summed E-state index contributed by atoms with van der Waals surface area (Å²) >= 11 is 0. The van der Waals surface area contributed by atoms with E-state index < -0.39 is 11.9 Å². The maximum Gasteiger partial charge on any atom is 0.171 e. The molecule has 0 saturated carbocycles. The lowest BCUT2D eigenvalue weighted by Crippen LogP contribution is -2.08. The molecule has 1 aromatic heterocycles. The zero-order chi connectivity index (χ0) is 14.0. The van der Waals surface area contributed by atoms with Gasteiger partial charge in [0.1, 0.15) is 6.10 Å². The number of ether oxygens (including phenoxy) is 1. The summed E-state index contributed by atoms with van der Waals surface area (Å²) in [4.78, 5) is 0. The van der Waals surface area contributed by atoms with Crippen LogP contribution in [-0.4, -0.2) is 22.4 Å². The van der Waals surface area contributed by atoms with E-state index in [0.29, 0.717) is 17.0 Å². The van der Waals surface area contributed by atoms with Crippen molar-refractivity contribution in [3.63, 3.8) is 0 Å². The van der Waals surface area contributed by atoms with Crippen molar-refractivity contribution in [3.05, 3.63) is 52.6 Å². The van der Waals surface area contributed by atoms with Gasteiger partial charge in [0.05, 0.1) is 18.5 Å². The van der Waals surface area contributed by atoms with E-state index in [1.807, 2.05) is 0 Å². The van der Waals surface area contributed by atoms with Crippen molar-refractivity contribution in [2.45, 2.75) is 20.0 Å². The van der Waals surface area contributed by atoms with Crippen molar-refractivity contribution in [1.82, 2.24) is 10.2 Å². The normalized spacial score (nSPS) is 12.3. The minimum absolute atomic E-state index is 0.105. The fourth-order valence-electron chi connectivity index (χ4n) is 1.91. The number of methoxy groups -OCH3 is 1. The van der Waals surface area contributed by atoms with Crippen molar-refractivity contribution in [3.8, 4) is 5.75 Å². The number of aromatic nitrogens is 2. The van der Waals surface area contributed by atoms with Crippen LogP contribution in [0.25, 0.3) is 0 Å². The van der Waals surface area contributed by atoms with Gasteiger partial charge in [-0.2, -0.15) is 10.2 Å². The molecule has 0 aliphatic heterocycles. The molecule has 5 heteroatoms. The van der Waals surface area contributed by atoms with Gasteiger partial charge in [0, 0.05) is 11.1 Å². The van der Waals surface area contributed by atoms with Crippen molar-refractivity contribution in [2.75, 3.05) is 7.11 Å². The highest BCUT2D eigenvalue weighted by atomic mass is 19.1. The van der Waals surface area contributed by atoms with Crippen LogP contribution in [0, 0.1) is 19.7 Å². The van der Waals surface area contributed by atoms with Gasteiger partial charge in [-0.25, -0.2) is 4.39 Å². The van der Waals surface area contributed by atoms with Crippen molar-refractivity contribution in [2.24, 2.45) is 0 Å². The van der Waals surface area contributed by atoms with Crippen LogP contribution in [0.5, 0.6) is 5.75 Å². The molecule has 1 atom stereocenters. The summed E-state index contributed by atoms with van der Waals surface area (Å²) in [6.07, 6.45) is -1.09. The molecule has 1 heterocycles. The monoisotopic (exact) mass is 262 g/mol. The minimum atomic E-state index is -1.09. The van der Waals surface area contributed by atoms with Crippen LogP contribution >= 0.6 is 0 Å². The first-order valence-corrected chi connectivity index (χ1v) is 5.86. The van der Waals surface area contributed by atoms with Crippen molar-refractivity contribution < 1.29 is 14.2 Å². The van der Waals surface area contributed by atoms with Crippen LogP contribution in [0.1, 0.15) is 28.6 Å². The van der Waals surface area contributed by atoms with E-state index in [-0.39, 0.29) is 11.3 Å². The van der Waals surface area contributed by atoms with Gasteiger partial charge in [-0.05, 0) is 26.0 Å². The summed E-state index contributed by atoms with van der Waals surface area (Å²) in [5.41, 5.74) is 1.94. The molecule has 0 saturated heterocycles. The number of rotatable bonds is 3. The third-order valence-corrected chi connectivity index (χ3v) is 2.94. The zero-order valence-electron chi connectivity index (χ0n) is 11.0. The average molecular weight is 262 g/mol. The second-order valence-corrected chi connectivity index (χ2v) is 4.29. The van der Waals surface area contributed by atoms with Gasteiger partial charge < -0.3 is 9.84 Å². The Hall–Kier alpha value is -2.01. The Bertz CT molecular complexity index is 602. The number of hydrogen-bond donors (Lipinski definition) is 1. The van der Waals surface area contributed by atoms with Crippen LogP contribution < -0.4 is 4.74 Å². The molecular formula is C14H15FN2O2. The van der Waals surface area contributed by atoms with E-state index in [4.69, 9.17) is 4.74 Å². The largest absolute Gasteiger partial charge is 0.494 e. The summed E-state index contributed by atoms with van der Waals surface area (Å²) in [6.45, 7) is 3.49. The Morgan fingerprint density at radius 3 is 2.63 bits per heavy atom. The van der Waals surface area contributed by atoms with E-state index in [2.05, 4.69) is 10.2 Å². The highest BCUT2D eigenvalue weighted by molar-refractivity contribution is 5.38. The predicted octanol–water partition coefficient (Wildman–Crippen LogP) is 2.32. The summed E-state index contributed by atoms with van der Waals surface area (Å²) < 4.78 is 19.0. The molecule has 0 radical (unpaired) electrons. The van der Waals surface area contributed by atoms with Crippen LogP contribution in [0.4, 0.5) is 4.39 Å². The Kier molecular flexibility index (Phi) is 3.76. The van der Waals surface area contributed by atoms with Gasteiger partial charge in [-0.1, -0.05) is 12.1 Å². The number of aryl methyl sites for hydroxylation is 2. The van der Waals surface area contributed by atoms with Crippen LogP contribution in [0.3, 0.4) is 0 Å².